The van der Waals surface area contributed by atoms with Crippen LogP contribution in [0.5, 0.6) is 11.5 Å². The van der Waals surface area contributed by atoms with Crippen LogP contribution in [0.3, 0.4) is 0 Å². The second-order valence-electron chi connectivity index (χ2n) is 6.08. The van der Waals surface area contributed by atoms with Gasteiger partial charge in [-0.3, -0.25) is 0 Å². The van der Waals surface area contributed by atoms with Crippen LogP contribution in [0, 0.1) is 0 Å². The molecule has 2 aromatic carbocycles. The van der Waals surface area contributed by atoms with E-state index in [1.807, 2.05) is 25.1 Å². The summed E-state index contributed by atoms with van der Waals surface area (Å²) in [5.74, 6) is 1.49. The Kier molecular flexibility index (Phi) is 5.33. The first-order valence-electron chi connectivity index (χ1n) is 8.06. The molecule has 2 aromatic rings. The summed E-state index contributed by atoms with van der Waals surface area (Å²) in [5, 5.41) is 6.86. The molecule has 0 radical (unpaired) electrons. The van der Waals surface area contributed by atoms with Crippen LogP contribution in [0.1, 0.15) is 24.1 Å². The zero-order chi connectivity index (χ0) is 18.7. The molecule has 1 heterocycles. The molecule has 2 N–H and O–H groups in total. The third kappa shape index (κ3) is 4.44. The van der Waals surface area contributed by atoms with Gasteiger partial charge >= 0.3 is 0 Å². The third-order valence-electron chi connectivity index (χ3n) is 4.05. The van der Waals surface area contributed by atoms with Crippen LogP contribution in [0.15, 0.2) is 47.4 Å². The number of benzene rings is 2. The van der Waals surface area contributed by atoms with Crippen LogP contribution >= 0.6 is 12.2 Å². The summed E-state index contributed by atoms with van der Waals surface area (Å²) in [6.07, 6.45) is 1.19. The number of sulfone groups is 1. The van der Waals surface area contributed by atoms with E-state index in [4.69, 9.17) is 21.7 Å². The van der Waals surface area contributed by atoms with Gasteiger partial charge in [0.1, 0.15) is 0 Å². The standard InChI is InChI=1S/C18H20N2O4S2/c1-12(14-4-6-15(7-5-14)26(2,21)22)20-18(25)19-10-13-3-8-16-17(9-13)24-11-23-16/h3-9,12H,10-11H2,1-2H3,(H2,19,20,25)/t12-/m1/s1. The quantitative estimate of drug-likeness (QED) is 0.757. The molecule has 0 aliphatic carbocycles. The second kappa shape index (κ2) is 7.51. The maximum Gasteiger partial charge on any atom is 0.231 e. The van der Waals surface area contributed by atoms with Crippen molar-refractivity contribution in [2.24, 2.45) is 0 Å². The molecule has 0 aromatic heterocycles. The SMILES string of the molecule is C[C@@H](NC(=S)NCc1ccc2c(c1)OCO2)c1ccc(S(C)(=O)=O)cc1. The number of fused-ring (bicyclic) bond motifs is 1. The Bertz CT molecular complexity index is 911. The normalized spacial score (nSPS) is 13.9. The van der Waals surface area contributed by atoms with E-state index in [0.717, 1.165) is 22.6 Å². The highest BCUT2D eigenvalue weighted by atomic mass is 32.2. The highest BCUT2D eigenvalue weighted by Crippen LogP contribution is 2.32. The van der Waals surface area contributed by atoms with Crippen LogP contribution in [0.25, 0.3) is 0 Å². The van der Waals surface area contributed by atoms with Gasteiger partial charge in [-0.1, -0.05) is 18.2 Å². The lowest BCUT2D eigenvalue weighted by atomic mass is 10.1. The molecule has 26 heavy (non-hydrogen) atoms. The highest BCUT2D eigenvalue weighted by molar-refractivity contribution is 7.90. The average Bonchev–Trinajstić information content (AvgIpc) is 3.07. The fraction of sp³-hybridized carbons (Fsp3) is 0.278. The number of hydrogen-bond acceptors (Lipinski definition) is 5. The van der Waals surface area contributed by atoms with Gasteiger partial charge in [0.15, 0.2) is 26.4 Å². The molecule has 0 fully saturated rings. The molecular weight excluding hydrogens is 372 g/mol. The Morgan fingerprint density at radius 3 is 2.54 bits per heavy atom. The Balaban J connectivity index is 1.54. The van der Waals surface area contributed by atoms with Gasteiger partial charge in [0.25, 0.3) is 0 Å². The van der Waals surface area contributed by atoms with E-state index >= 15 is 0 Å². The molecule has 0 unspecified atom stereocenters. The molecule has 0 amide bonds. The summed E-state index contributed by atoms with van der Waals surface area (Å²) in [6.45, 7) is 2.77. The molecule has 6 nitrogen and oxygen atoms in total. The summed E-state index contributed by atoms with van der Waals surface area (Å²) in [5.41, 5.74) is 1.98. The fourth-order valence-corrected chi connectivity index (χ4v) is 3.45. The predicted molar refractivity (Wildman–Crippen MR) is 103 cm³/mol. The maximum atomic E-state index is 11.5. The van der Waals surface area contributed by atoms with Crippen LogP contribution in [0.4, 0.5) is 0 Å². The van der Waals surface area contributed by atoms with E-state index in [1.165, 1.54) is 6.26 Å². The van der Waals surface area contributed by atoms with E-state index in [-0.39, 0.29) is 12.8 Å². The first kappa shape index (κ1) is 18.5. The molecule has 1 aliphatic rings. The van der Waals surface area contributed by atoms with E-state index in [0.29, 0.717) is 16.6 Å². The molecular formula is C18H20N2O4S2. The first-order chi connectivity index (χ1) is 12.3. The van der Waals surface area contributed by atoms with Crippen LogP contribution in [-0.4, -0.2) is 26.6 Å². The van der Waals surface area contributed by atoms with Gasteiger partial charge < -0.3 is 20.1 Å². The average molecular weight is 393 g/mol. The summed E-state index contributed by atoms with van der Waals surface area (Å²) in [4.78, 5) is 0.303. The first-order valence-corrected chi connectivity index (χ1v) is 10.4. The Morgan fingerprint density at radius 2 is 1.85 bits per heavy atom. The Morgan fingerprint density at radius 1 is 1.15 bits per heavy atom. The van der Waals surface area contributed by atoms with Crippen LogP contribution in [-0.2, 0) is 16.4 Å². The van der Waals surface area contributed by atoms with Crippen molar-refractivity contribution in [2.45, 2.75) is 24.4 Å². The molecule has 3 rings (SSSR count). The van der Waals surface area contributed by atoms with Crippen LogP contribution < -0.4 is 20.1 Å². The van der Waals surface area contributed by atoms with Gasteiger partial charge in [-0.15, -0.1) is 0 Å². The molecule has 0 spiro atoms. The number of hydrogen-bond donors (Lipinski definition) is 2. The zero-order valence-corrected chi connectivity index (χ0v) is 16.1. The maximum absolute atomic E-state index is 11.5. The second-order valence-corrected chi connectivity index (χ2v) is 8.50. The lowest BCUT2D eigenvalue weighted by Gasteiger charge is -2.18. The predicted octanol–water partition coefficient (Wildman–Crippen LogP) is 2.54. The zero-order valence-electron chi connectivity index (χ0n) is 14.5. The number of thiocarbonyl (C=S) groups is 1. The van der Waals surface area contributed by atoms with E-state index in [1.54, 1.807) is 24.3 Å². The van der Waals surface area contributed by atoms with Crippen molar-refractivity contribution in [3.8, 4) is 11.5 Å². The monoisotopic (exact) mass is 392 g/mol. The fourth-order valence-electron chi connectivity index (χ4n) is 2.57. The topological polar surface area (TPSA) is 76.7 Å². The van der Waals surface area contributed by atoms with Crippen molar-refractivity contribution in [3.63, 3.8) is 0 Å². The van der Waals surface area contributed by atoms with E-state index in [9.17, 15) is 8.42 Å². The summed E-state index contributed by atoms with van der Waals surface area (Å²) in [7, 11) is -3.19. The van der Waals surface area contributed by atoms with Crippen molar-refractivity contribution in [3.05, 3.63) is 53.6 Å². The minimum Gasteiger partial charge on any atom is -0.454 e. The Hall–Kier alpha value is -2.32. The minimum atomic E-state index is -3.19. The number of rotatable bonds is 5. The smallest absolute Gasteiger partial charge is 0.231 e. The summed E-state index contributed by atoms with van der Waals surface area (Å²) in [6, 6.07) is 12.5. The largest absolute Gasteiger partial charge is 0.454 e. The molecule has 1 aliphatic heterocycles. The molecule has 0 bridgehead atoms. The van der Waals surface area contributed by atoms with Crippen molar-refractivity contribution >= 4 is 27.2 Å². The molecule has 8 heteroatoms. The van der Waals surface area contributed by atoms with E-state index in [2.05, 4.69) is 10.6 Å². The lowest BCUT2D eigenvalue weighted by molar-refractivity contribution is 0.174. The third-order valence-corrected chi connectivity index (χ3v) is 5.44. The number of ether oxygens (including phenoxy) is 2. The van der Waals surface area contributed by atoms with Gasteiger partial charge in [-0.05, 0) is 54.5 Å². The van der Waals surface area contributed by atoms with Gasteiger partial charge in [0, 0.05) is 12.8 Å². The molecule has 0 saturated carbocycles. The summed E-state index contributed by atoms with van der Waals surface area (Å²) < 4.78 is 33.7. The molecule has 138 valence electrons. The van der Waals surface area contributed by atoms with Crippen molar-refractivity contribution in [1.82, 2.24) is 10.6 Å². The molecule has 0 saturated heterocycles. The van der Waals surface area contributed by atoms with Gasteiger partial charge in [0.2, 0.25) is 6.79 Å². The highest BCUT2D eigenvalue weighted by Gasteiger charge is 2.14. The van der Waals surface area contributed by atoms with Crippen molar-refractivity contribution in [2.75, 3.05) is 13.0 Å². The van der Waals surface area contributed by atoms with Crippen molar-refractivity contribution in [1.29, 1.82) is 0 Å². The minimum absolute atomic E-state index is 0.0552. The van der Waals surface area contributed by atoms with Crippen molar-refractivity contribution < 1.29 is 17.9 Å². The van der Waals surface area contributed by atoms with Gasteiger partial charge in [0.05, 0.1) is 10.9 Å². The van der Waals surface area contributed by atoms with Crippen LogP contribution in [0.2, 0.25) is 0 Å². The summed E-state index contributed by atoms with van der Waals surface area (Å²) >= 11 is 5.34. The lowest BCUT2D eigenvalue weighted by Crippen LogP contribution is -2.36. The van der Waals surface area contributed by atoms with Gasteiger partial charge in [-0.2, -0.15) is 0 Å². The van der Waals surface area contributed by atoms with Gasteiger partial charge in [-0.25, -0.2) is 8.42 Å². The van der Waals surface area contributed by atoms with E-state index < -0.39 is 9.84 Å². The molecule has 1 atom stereocenters. The number of nitrogens with one attached hydrogen (secondary N) is 2. The Labute approximate surface area is 158 Å².